The van der Waals surface area contributed by atoms with E-state index in [4.69, 9.17) is 4.55 Å². The van der Waals surface area contributed by atoms with Crippen LogP contribution in [0.25, 0.3) is 0 Å². The number of alkyl halides is 3. The van der Waals surface area contributed by atoms with E-state index in [0.717, 1.165) is 6.42 Å². The Bertz CT molecular complexity index is 381. The lowest BCUT2D eigenvalue weighted by Gasteiger charge is -2.30. The number of fused-ring (bicyclic) bond motifs is 2. The van der Waals surface area contributed by atoms with Gasteiger partial charge in [-0.25, -0.2) is 13.2 Å². The predicted octanol–water partition coefficient (Wildman–Crippen LogP) is 2.24. The monoisotopic (exact) mass is 258 g/mol. The van der Waals surface area contributed by atoms with Crippen LogP contribution in [0, 0.1) is 17.8 Å². The Kier molecular flexibility index (Phi) is 2.73. The molecule has 2 aliphatic carbocycles. The van der Waals surface area contributed by atoms with Gasteiger partial charge in [-0.3, -0.25) is 4.55 Å². The molecule has 2 fully saturated rings. The van der Waals surface area contributed by atoms with E-state index in [2.05, 4.69) is 0 Å². The third-order valence-electron chi connectivity index (χ3n) is 3.80. The van der Waals surface area contributed by atoms with Crippen molar-refractivity contribution in [3.05, 3.63) is 0 Å². The molecule has 0 aromatic heterocycles. The third-order valence-corrected chi connectivity index (χ3v) is 4.63. The molecule has 0 aliphatic heterocycles. The average Bonchev–Trinajstić information content (AvgIpc) is 2.75. The van der Waals surface area contributed by atoms with Gasteiger partial charge in [-0.1, -0.05) is 6.42 Å². The molecule has 2 rings (SSSR count). The number of halogens is 3. The quantitative estimate of drug-likeness (QED) is 0.790. The predicted molar refractivity (Wildman–Crippen MR) is 50.3 cm³/mol. The van der Waals surface area contributed by atoms with E-state index in [1.165, 1.54) is 0 Å². The highest BCUT2D eigenvalue weighted by Crippen LogP contribution is 2.55. The second-order valence-electron chi connectivity index (χ2n) is 4.79. The van der Waals surface area contributed by atoms with Crippen molar-refractivity contribution in [2.75, 3.05) is 0 Å². The fourth-order valence-electron chi connectivity index (χ4n) is 3.08. The summed E-state index contributed by atoms with van der Waals surface area (Å²) in [5.74, 6) is -5.37. The summed E-state index contributed by atoms with van der Waals surface area (Å²) in [6.45, 7) is 0. The van der Waals surface area contributed by atoms with Crippen molar-refractivity contribution in [3.63, 3.8) is 0 Å². The minimum atomic E-state index is -5.33. The second-order valence-corrected chi connectivity index (χ2v) is 6.23. The van der Waals surface area contributed by atoms with E-state index in [1.54, 1.807) is 0 Å². The second kappa shape index (κ2) is 3.60. The largest absolute Gasteiger partial charge is 0.303 e. The van der Waals surface area contributed by atoms with Crippen LogP contribution in [0.5, 0.6) is 0 Å². The molecule has 16 heavy (non-hydrogen) atoms. The normalized spacial score (nSPS) is 36.6. The molecule has 3 nitrogen and oxygen atoms in total. The molecule has 0 heterocycles. The minimum Gasteiger partial charge on any atom is -0.283 e. The number of hydrogen-bond acceptors (Lipinski definition) is 2. The van der Waals surface area contributed by atoms with Crippen LogP contribution in [0.4, 0.5) is 13.2 Å². The van der Waals surface area contributed by atoms with Gasteiger partial charge in [-0.15, -0.1) is 0 Å². The van der Waals surface area contributed by atoms with Gasteiger partial charge < -0.3 is 0 Å². The Morgan fingerprint density at radius 2 is 1.88 bits per heavy atom. The smallest absolute Gasteiger partial charge is 0.283 e. The summed E-state index contributed by atoms with van der Waals surface area (Å²) < 4.78 is 69.5. The fourth-order valence-corrected chi connectivity index (χ4v) is 3.65. The Morgan fingerprint density at radius 3 is 2.25 bits per heavy atom. The van der Waals surface area contributed by atoms with Crippen molar-refractivity contribution in [2.45, 2.75) is 37.1 Å². The molecule has 4 unspecified atom stereocenters. The van der Waals surface area contributed by atoms with Crippen molar-refractivity contribution in [1.29, 1.82) is 0 Å². The fraction of sp³-hybridized carbons (Fsp3) is 1.00. The van der Waals surface area contributed by atoms with Crippen molar-refractivity contribution < 1.29 is 26.1 Å². The van der Waals surface area contributed by atoms with E-state index in [9.17, 15) is 21.6 Å². The lowest BCUT2D eigenvalue weighted by Crippen LogP contribution is -2.44. The highest BCUT2D eigenvalue weighted by Gasteiger charge is 2.59. The van der Waals surface area contributed by atoms with Gasteiger partial charge in [0.25, 0.3) is 11.4 Å². The third kappa shape index (κ3) is 1.84. The zero-order valence-electron chi connectivity index (χ0n) is 8.44. The van der Waals surface area contributed by atoms with Gasteiger partial charge in [0.05, 0.1) is 0 Å². The van der Waals surface area contributed by atoms with Crippen molar-refractivity contribution in [2.24, 2.45) is 17.8 Å². The molecule has 0 amide bonds. The SMILES string of the molecule is O=S(=O)(O)C(F)C(F)(F)C1CC2CCC1C2. The first-order valence-electron chi connectivity index (χ1n) is 5.21. The molecular weight excluding hydrogens is 245 g/mol. The summed E-state index contributed by atoms with van der Waals surface area (Å²) in [4.78, 5) is 0. The van der Waals surface area contributed by atoms with Crippen LogP contribution in [-0.2, 0) is 10.1 Å². The maximum atomic E-state index is 13.6. The van der Waals surface area contributed by atoms with Gasteiger partial charge in [0.15, 0.2) is 0 Å². The zero-order valence-corrected chi connectivity index (χ0v) is 9.26. The first-order chi connectivity index (χ1) is 7.23. The Balaban J connectivity index is 2.19. The van der Waals surface area contributed by atoms with Crippen LogP contribution in [0.3, 0.4) is 0 Å². The van der Waals surface area contributed by atoms with Crippen LogP contribution in [0.1, 0.15) is 25.7 Å². The van der Waals surface area contributed by atoms with E-state index in [1.807, 2.05) is 0 Å². The van der Waals surface area contributed by atoms with Crippen LogP contribution in [0.2, 0.25) is 0 Å². The Morgan fingerprint density at radius 1 is 1.25 bits per heavy atom. The van der Waals surface area contributed by atoms with Gasteiger partial charge >= 0.3 is 10.1 Å². The minimum absolute atomic E-state index is 0.160. The lowest BCUT2D eigenvalue weighted by molar-refractivity contribution is -0.109. The maximum absolute atomic E-state index is 13.6. The Hall–Kier alpha value is -0.300. The van der Waals surface area contributed by atoms with Crippen LogP contribution in [0.15, 0.2) is 0 Å². The van der Waals surface area contributed by atoms with E-state index in [-0.39, 0.29) is 18.3 Å². The molecule has 0 aromatic carbocycles. The van der Waals surface area contributed by atoms with E-state index >= 15 is 0 Å². The standard InChI is InChI=1S/C9H13F3O3S/c10-8(16(13,14)15)9(11,12)7-4-5-1-2-6(7)3-5/h5-8H,1-4H2,(H,13,14,15). The topological polar surface area (TPSA) is 54.4 Å². The van der Waals surface area contributed by atoms with Crippen LogP contribution >= 0.6 is 0 Å². The summed E-state index contributed by atoms with van der Waals surface area (Å²) in [6.07, 6.45) is 2.25. The van der Waals surface area contributed by atoms with Crippen molar-refractivity contribution >= 4 is 10.1 Å². The van der Waals surface area contributed by atoms with Gasteiger partial charge in [0.2, 0.25) is 0 Å². The zero-order chi connectivity index (χ0) is 12.1. The molecule has 0 radical (unpaired) electrons. The molecule has 1 N–H and O–H groups in total. The molecule has 2 saturated carbocycles. The first kappa shape index (κ1) is 12.2. The highest BCUT2D eigenvalue weighted by molar-refractivity contribution is 7.86. The van der Waals surface area contributed by atoms with Crippen LogP contribution in [-0.4, -0.2) is 24.4 Å². The molecular formula is C9H13F3O3S. The van der Waals surface area contributed by atoms with Crippen molar-refractivity contribution in [1.82, 2.24) is 0 Å². The molecule has 0 aromatic rings. The van der Waals surface area contributed by atoms with Gasteiger partial charge in [0.1, 0.15) is 0 Å². The summed E-state index contributed by atoms with van der Waals surface area (Å²) in [5.41, 5.74) is -3.50. The van der Waals surface area contributed by atoms with Gasteiger partial charge in [-0.2, -0.15) is 8.42 Å². The molecule has 0 saturated heterocycles. The molecule has 7 heteroatoms. The number of hydrogen-bond donors (Lipinski definition) is 1. The van der Waals surface area contributed by atoms with Crippen molar-refractivity contribution in [3.8, 4) is 0 Å². The van der Waals surface area contributed by atoms with E-state index in [0.29, 0.717) is 12.8 Å². The van der Waals surface area contributed by atoms with Gasteiger partial charge in [-0.05, 0) is 31.1 Å². The Labute approximate surface area is 91.8 Å². The summed E-state index contributed by atoms with van der Waals surface area (Å²) in [6, 6.07) is 0. The summed E-state index contributed by atoms with van der Waals surface area (Å²) in [5, 5.41) is 0. The molecule has 0 spiro atoms. The summed E-state index contributed by atoms with van der Waals surface area (Å²) >= 11 is 0. The van der Waals surface area contributed by atoms with Gasteiger partial charge in [0, 0.05) is 5.92 Å². The maximum Gasteiger partial charge on any atom is 0.303 e. The highest BCUT2D eigenvalue weighted by atomic mass is 32.2. The number of rotatable bonds is 3. The van der Waals surface area contributed by atoms with E-state index < -0.39 is 27.5 Å². The lowest BCUT2D eigenvalue weighted by atomic mass is 9.84. The molecule has 4 atom stereocenters. The molecule has 2 bridgehead atoms. The summed E-state index contributed by atoms with van der Waals surface area (Å²) in [7, 11) is -5.33. The average molecular weight is 258 g/mol. The van der Waals surface area contributed by atoms with Crippen LogP contribution < -0.4 is 0 Å². The first-order valence-corrected chi connectivity index (χ1v) is 6.71. The molecule has 2 aliphatic rings. The molecule has 94 valence electrons.